The van der Waals surface area contributed by atoms with Crippen LogP contribution >= 0.6 is 0 Å². The molecule has 0 heterocycles. The van der Waals surface area contributed by atoms with E-state index in [1.165, 1.54) is 100 Å². The molecule has 0 aliphatic carbocycles. The zero-order chi connectivity index (χ0) is 31.2. The summed E-state index contributed by atoms with van der Waals surface area (Å²) >= 11 is 0. The summed E-state index contributed by atoms with van der Waals surface area (Å²) in [4.78, 5) is 12.4. The van der Waals surface area contributed by atoms with Gasteiger partial charge in [0.1, 0.15) is 11.9 Å². The van der Waals surface area contributed by atoms with Gasteiger partial charge in [-0.3, -0.25) is 4.79 Å². The minimum Gasteiger partial charge on any atom is -0.494 e. The molecule has 1 atom stereocenters. The van der Waals surface area contributed by atoms with Gasteiger partial charge in [-0.25, -0.2) is 0 Å². The van der Waals surface area contributed by atoms with Gasteiger partial charge in [-0.2, -0.15) is 0 Å². The molecule has 0 aliphatic rings. The smallest absolute Gasteiger partial charge is 0.306 e. The van der Waals surface area contributed by atoms with Crippen molar-refractivity contribution in [3.05, 3.63) is 78.4 Å². The Morgan fingerprint density at radius 1 is 0.568 bits per heavy atom. The van der Waals surface area contributed by atoms with Crippen LogP contribution in [0.4, 0.5) is 0 Å². The first-order chi connectivity index (χ1) is 21.6. The maximum Gasteiger partial charge on any atom is 0.306 e. The van der Waals surface area contributed by atoms with E-state index in [0.29, 0.717) is 6.42 Å². The zero-order valence-electron chi connectivity index (χ0n) is 28.0. The Bertz CT molecular complexity index is 1170. The number of hydrogen-bond donors (Lipinski definition) is 0. The molecule has 0 saturated heterocycles. The number of ether oxygens (including phenoxy) is 2. The summed E-state index contributed by atoms with van der Waals surface area (Å²) in [6.07, 6.45) is 20.5. The number of hydrogen-bond acceptors (Lipinski definition) is 3. The zero-order valence-corrected chi connectivity index (χ0v) is 28.0. The van der Waals surface area contributed by atoms with Gasteiger partial charge in [0, 0.05) is 6.42 Å². The lowest BCUT2D eigenvalue weighted by atomic mass is 9.93. The number of esters is 1. The van der Waals surface area contributed by atoms with E-state index in [-0.39, 0.29) is 12.1 Å². The topological polar surface area (TPSA) is 35.5 Å². The summed E-state index contributed by atoms with van der Waals surface area (Å²) in [6, 6.07) is 25.5. The van der Waals surface area contributed by atoms with E-state index in [0.717, 1.165) is 42.7 Å². The van der Waals surface area contributed by atoms with Crippen LogP contribution in [0.2, 0.25) is 0 Å². The highest BCUT2D eigenvalue weighted by Crippen LogP contribution is 2.34. The standard InChI is InChI=1S/C41H58O3/c1-4-6-8-10-12-13-14-16-18-24-41(42)44-34(3)35-25-27-36(28-26-35)39-22-19-20-23-40(39)37-29-31-38(32-30-37)43-33-21-17-15-11-9-7-5-2/h19-20,22-23,25-32,34H,4-18,21,24,33H2,1-3H3. The van der Waals surface area contributed by atoms with Crippen LogP contribution < -0.4 is 4.74 Å². The van der Waals surface area contributed by atoms with Gasteiger partial charge in [0.05, 0.1) is 6.61 Å². The molecule has 0 bridgehead atoms. The second-order valence-electron chi connectivity index (χ2n) is 12.4. The SMILES string of the molecule is CCCCCCCCCCCC(=O)OC(C)c1ccc(-c2ccccc2-c2ccc(OCCCCCCCCC)cc2)cc1. The van der Waals surface area contributed by atoms with Crippen LogP contribution in [0.25, 0.3) is 22.3 Å². The largest absolute Gasteiger partial charge is 0.494 e. The fraction of sp³-hybridized carbons (Fsp3) is 0.537. The molecule has 3 nitrogen and oxygen atoms in total. The highest BCUT2D eigenvalue weighted by atomic mass is 16.5. The summed E-state index contributed by atoms with van der Waals surface area (Å²) in [5.74, 6) is 0.840. The molecule has 44 heavy (non-hydrogen) atoms. The second-order valence-corrected chi connectivity index (χ2v) is 12.4. The lowest BCUT2D eigenvalue weighted by Gasteiger charge is -2.15. The van der Waals surface area contributed by atoms with E-state index in [1.54, 1.807) is 0 Å². The molecule has 3 aromatic rings. The summed E-state index contributed by atoms with van der Waals surface area (Å²) in [5, 5.41) is 0. The van der Waals surface area contributed by atoms with E-state index in [2.05, 4.69) is 86.6 Å². The van der Waals surface area contributed by atoms with E-state index in [1.807, 2.05) is 6.92 Å². The van der Waals surface area contributed by atoms with Gasteiger partial charge >= 0.3 is 5.97 Å². The second kappa shape index (κ2) is 21.6. The van der Waals surface area contributed by atoms with Gasteiger partial charge < -0.3 is 9.47 Å². The van der Waals surface area contributed by atoms with Crippen LogP contribution in [-0.2, 0) is 9.53 Å². The third kappa shape index (κ3) is 13.3. The molecule has 3 heteroatoms. The molecule has 3 aromatic carbocycles. The highest BCUT2D eigenvalue weighted by molar-refractivity contribution is 5.83. The summed E-state index contributed by atoms with van der Waals surface area (Å²) < 4.78 is 11.8. The Balaban J connectivity index is 1.45. The summed E-state index contributed by atoms with van der Waals surface area (Å²) in [5.41, 5.74) is 5.72. The fourth-order valence-corrected chi connectivity index (χ4v) is 5.80. The van der Waals surface area contributed by atoms with Crippen molar-refractivity contribution in [1.82, 2.24) is 0 Å². The van der Waals surface area contributed by atoms with Crippen molar-refractivity contribution < 1.29 is 14.3 Å². The van der Waals surface area contributed by atoms with Gasteiger partial charge in [0.15, 0.2) is 0 Å². The molecule has 3 rings (SSSR count). The Kier molecular flexibility index (Phi) is 17.4. The van der Waals surface area contributed by atoms with Gasteiger partial charge in [0.25, 0.3) is 0 Å². The molecular formula is C41H58O3. The quantitative estimate of drug-likeness (QED) is 0.0804. The molecule has 0 radical (unpaired) electrons. The van der Waals surface area contributed by atoms with Crippen LogP contribution in [0.15, 0.2) is 72.8 Å². The highest BCUT2D eigenvalue weighted by Gasteiger charge is 2.13. The van der Waals surface area contributed by atoms with Crippen LogP contribution in [-0.4, -0.2) is 12.6 Å². The van der Waals surface area contributed by atoms with Crippen LogP contribution in [0.5, 0.6) is 5.75 Å². The third-order valence-electron chi connectivity index (χ3n) is 8.59. The van der Waals surface area contributed by atoms with E-state index in [9.17, 15) is 4.79 Å². The molecule has 0 aromatic heterocycles. The number of benzene rings is 3. The Hall–Kier alpha value is -3.07. The van der Waals surface area contributed by atoms with Crippen molar-refractivity contribution in [2.24, 2.45) is 0 Å². The van der Waals surface area contributed by atoms with E-state index >= 15 is 0 Å². The molecule has 0 saturated carbocycles. The summed E-state index contributed by atoms with van der Waals surface area (Å²) in [7, 11) is 0. The van der Waals surface area contributed by atoms with Gasteiger partial charge in [-0.05, 0) is 59.7 Å². The van der Waals surface area contributed by atoms with Crippen molar-refractivity contribution >= 4 is 5.97 Å². The van der Waals surface area contributed by atoms with E-state index < -0.39 is 0 Å². The van der Waals surface area contributed by atoms with Crippen LogP contribution in [0, 0.1) is 0 Å². The average molecular weight is 599 g/mol. The molecular weight excluding hydrogens is 540 g/mol. The number of carbonyl (C=O) groups excluding carboxylic acids is 1. The van der Waals surface area contributed by atoms with Gasteiger partial charge in [0.2, 0.25) is 0 Å². The molecule has 0 N–H and O–H groups in total. The first-order valence-corrected chi connectivity index (χ1v) is 17.7. The van der Waals surface area contributed by atoms with E-state index in [4.69, 9.17) is 9.47 Å². The predicted octanol–water partition coefficient (Wildman–Crippen LogP) is 12.7. The summed E-state index contributed by atoms with van der Waals surface area (Å²) in [6.45, 7) is 7.26. The predicted molar refractivity (Wildman–Crippen MR) is 187 cm³/mol. The lowest BCUT2D eigenvalue weighted by Crippen LogP contribution is -2.08. The third-order valence-corrected chi connectivity index (χ3v) is 8.59. The molecule has 0 aliphatic heterocycles. The van der Waals surface area contributed by atoms with Crippen LogP contribution in [0.3, 0.4) is 0 Å². The van der Waals surface area contributed by atoms with Crippen molar-refractivity contribution in [2.75, 3.05) is 6.61 Å². The van der Waals surface area contributed by atoms with Gasteiger partial charge in [-0.1, -0.05) is 164 Å². The maximum absolute atomic E-state index is 12.4. The van der Waals surface area contributed by atoms with Crippen molar-refractivity contribution in [3.8, 4) is 28.0 Å². The first-order valence-electron chi connectivity index (χ1n) is 17.7. The minimum absolute atomic E-state index is 0.0929. The van der Waals surface area contributed by atoms with Crippen LogP contribution in [0.1, 0.15) is 142 Å². The molecule has 0 fully saturated rings. The Labute approximate surface area is 268 Å². The molecule has 1 unspecified atom stereocenters. The van der Waals surface area contributed by atoms with Crippen molar-refractivity contribution in [2.45, 2.75) is 136 Å². The number of carbonyl (C=O) groups is 1. The molecule has 0 spiro atoms. The Morgan fingerprint density at radius 3 is 1.55 bits per heavy atom. The van der Waals surface area contributed by atoms with Crippen molar-refractivity contribution in [3.63, 3.8) is 0 Å². The minimum atomic E-state index is -0.251. The first kappa shape index (κ1) is 35.4. The molecule has 0 amide bonds. The Morgan fingerprint density at radius 2 is 1.02 bits per heavy atom. The normalized spacial score (nSPS) is 11.8. The maximum atomic E-state index is 12.4. The monoisotopic (exact) mass is 598 g/mol. The fourth-order valence-electron chi connectivity index (χ4n) is 5.80. The average Bonchev–Trinajstić information content (AvgIpc) is 3.05. The van der Waals surface area contributed by atoms with Gasteiger partial charge in [-0.15, -0.1) is 0 Å². The number of unbranched alkanes of at least 4 members (excludes halogenated alkanes) is 14. The lowest BCUT2D eigenvalue weighted by molar-refractivity contribution is -0.148. The number of rotatable bonds is 23. The van der Waals surface area contributed by atoms with Crippen molar-refractivity contribution in [1.29, 1.82) is 0 Å². The molecule has 240 valence electrons.